The standard InChI is InChI=1S/C16H16N4O2/c1-3-20-15-8-7-11(9-14(15)18-19-20)16(21)17-12-5-4-6-13(10-12)22-2/h4-10H,3H2,1-2H3,(H,17,21). The van der Waals surface area contributed by atoms with Crippen molar-refractivity contribution in [2.45, 2.75) is 13.5 Å². The first kappa shape index (κ1) is 14.1. The molecule has 0 radical (unpaired) electrons. The second-order valence-corrected chi connectivity index (χ2v) is 4.79. The molecule has 0 saturated heterocycles. The van der Waals surface area contributed by atoms with Gasteiger partial charge in [0.2, 0.25) is 0 Å². The third-order valence-electron chi connectivity index (χ3n) is 3.40. The summed E-state index contributed by atoms with van der Waals surface area (Å²) in [5.41, 5.74) is 2.85. The Morgan fingerprint density at radius 1 is 1.27 bits per heavy atom. The van der Waals surface area contributed by atoms with Gasteiger partial charge in [-0.3, -0.25) is 4.79 Å². The number of nitrogens with zero attached hydrogens (tertiary/aromatic N) is 3. The van der Waals surface area contributed by atoms with Gasteiger partial charge in [-0.05, 0) is 37.3 Å². The number of hydrogen-bond acceptors (Lipinski definition) is 4. The van der Waals surface area contributed by atoms with Crippen molar-refractivity contribution >= 4 is 22.6 Å². The monoisotopic (exact) mass is 296 g/mol. The third kappa shape index (κ3) is 2.63. The SMILES string of the molecule is CCn1nnc2cc(C(=O)Nc3cccc(OC)c3)ccc21. The van der Waals surface area contributed by atoms with Gasteiger partial charge in [0.05, 0.1) is 12.6 Å². The lowest BCUT2D eigenvalue weighted by Crippen LogP contribution is -2.11. The Morgan fingerprint density at radius 3 is 2.91 bits per heavy atom. The molecule has 0 aliphatic rings. The molecule has 1 aromatic heterocycles. The maximum atomic E-state index is 12.3. The topological polar surface area (TPSA) is 69.0 Å². The van der Waals surface area contributed by atoms with Crippen LogP contribution < -0.4 is 10.1 Å². The summed E-state index contributed by atoms with van der Waals surface area (Å²) in [5, 5.41) is 11.0. The fraction of sp³-hybridized carbons (Fsp3) is 0.188. The van der Waals surface area contributed by atoms with E-state index in [4.69, 9.17) is 4.74 Å². The lowest BCUT2D eigenvalue weighted by atomic mass is 10.2. The summed E-state index contributed by atoms with van der Waals surface area (Å²) in [6.45, 7) is 2.74. The quantitative estimate of drug-likeness (QED) is 0.803. The number of ether oxygens (including phenoxy) is 1. The van der Waals surface area contributed by atoms with E-state index in [9.17, 15) is 4.79 Å². The van der Waals surface area contributed by atoms with E-state index >= 15 is 0 Å². The predicted molar refractivity (Wildman–Crippen MR) is 84.1 cm³/mol. The molecule has 0 fully saturated rings. The molecule has 3 rings (SSSR count). The van der Waals surface area contributed by atoms with E-state index in [1.807, 2.05) is 31.2 Å². The molecule has 6 heteroatoms. The fourth-order valence-corrected chi connectivity index (χ4v) is 2.25. The van der Waals surface area contributed by atoms with Crippen LogP contribution in [0.5, 0.6) is 5.75 Å². The van der Waals surface area contributed by atoms with Crippen LogP contribution in [0.25, 0.3) is 11.0 Å². The zero-order valence-electron chi connectivity index (χ0n) is 12.4. The van der Waals surface area contributed by atoms with Crippen molar-refractivity contribution in [1.82, 2.24) is 15.0 Å². The number of carbonyl (C=O) groups is 1. The first-order valence-corrected chi connectivity index (χ1v) is 7.00. The van der Waals surface area contributed by atoms with Gasteiger partial charge in [-0.15, -0.1) is 5.10 Å². The number of benzene rings is 2. The summed E-state index contributed by atoms with van der Waals surface area (Å²) in [6.07, 6.45) is 0. The smallest absolute Gasteiger partial charge is 0.255 e. The molecular weight excluding hydrogens is 280 g/mol. The van der Waals surface area contributed by atoms with E-state index in [1.165, 1.54) is 0 Å². The second kappa shape index (κ2) is 5.85. The lowest BCUT2D eigenvalue weighted by Gasteiger charge is -2.07. The van der Waals surface area contributed by atoms with Crippen LogP contribution in [0.2, 0.25) is 0 Å². The highest BCUT2D eigenvalue weighted by molar-refractivity contribution is 6.05. The number of anilines is 1. The first-order chi connectivity index (χ1) is 10.7. The van der Waals surface area contributed by atoms with E-state index in [0.29, 0.717) is 22.5 Å². The minimum atomic E-state index is -0.193. The molecule has 0 saturated carbocycles. The summed E-state index contributed by atoms with van der Waals surface area (Å²) in [6, 6.07) is 12.6. The average molecular weight is 296 g/mol. The Labute approximate surface area is 127 Å². The number of aryl methyl sites for hydroxylation is 1. The predicted octanol–water partition coefficient (Wildman–Crippen LogP) is 2.71. The van der Waals surface area contributed by atoms with Crippen LogP contribution in [0.3, 0.4) is 0 Å². The highest BCUT2D eigenvalue weighted by Crippen LogP contribution is 2.19. The molecular formula is C16H16N4O2. The molecule has 0 atom stereocenters. The van der Waals surface area contributed by atoms with Crippen LogP contribution in [0.15, 0.2) is 42.5 Å². The Bertz CT molecular complexity index is 826. The molecule has 0 unspecified atom stereocenters. The molecule has 2 aromatic carbocycles. The number of nitrogens with one attached hydrogen (secondary N) is 1. The Balaban J connectivity index is 1.85. The summed E-state index contributed by atoms with van der Waals surface area (Å²) >= 11 is 0. The number of aromatic nitrogens is 3. The van der Waals surface area contributed by atoms with Gasteiger partial charge < -0.3 is 10.1 Å². The zero-order valence-corrected chi connectivity index (χ0v) is 12.4. The maximum Gasteiger partial charge on any atom is 0.255 e. The van der Waals surface area contributed by atoms with Gasteiger partial charge in [0.15, 0.2) is 0 Å². The summed E-state index contributed by atoms with van der Waals surface area (Å²) in [5.74, 6) is 0.500. The van der Waals surface area contributed by atoms with Gasteiger partial charge in [-0.1, -0.05) is 11.3 Å². The molecule has 112 valence electrons. The zero-order chi connectivity index (χ0) is 15.5. The Morgan fingerprint density at radius 2 is 2.14 bits per heavy atom. The average Bonchev–Trinajstić information content (AvgIpc) is 2.97. The van der Waals surface area contributed by atoms with Gasteiger partial charge in [0.25, 0.3) is 5.91 Å². The molecule has 1 amide bonds. The number of methoxy groups -OCH3 is 1. The normalized spacial score (nSPS) is 10.6. The van der Waals surface area contributed by atoms with E-state index in [2.05, 4.69) is 15.6 Å². The Kier molecular flexibility index (Phi) is 3.74. The van der Waals surface area contributed by atoms with Crippen molar-refractivity contribution in [2.24, 2.45) is 0 Å². The number of fused-ring (bicyclic) bond motifs is 1. The lowest BCUT2D eigenvalue weighted by molar-refractivity contribution is 0.102. The summed E-state index contributed by atoms with van der Waals surface area (Å²) in [7, 11) is 1.59. The van der Waals surface area contributed by atoms with E-state index < -0.39 is 0 Å². The molecule has 1 heterocycles. The molecule has 0 bridgehead atoms. The van der Waals surface area contributed by atoms with Crippen LogP contribution in [-0.4, -0.2) is 28.0 Å². The molecule has 0 aliphatic carbocycles. The molecule has 0 spiro atoms. The second-order valence-electron chi connectivity index (χ2n) is 4.79. The molecule has 22 heavy (non-hydrogen) atoms. The third-order valence-corrected chi connectivity index (χ3v) is 3.40. The fourth-order valence-electron chi connectivity index (χ4n) is 2.25. The van der Waals surface area contributed by atoms with Gasteiger partial charge in [0, 0.05) is 23.9 Å². The molecule has 3 aromatic rings. The van der Waals surface area contributed by atoms with Gasteiger partial charge in [0.1, 0.15) is 11.3 Å². The number of rotatable bonds is 4. The first-order valence-electron chi connectivity index (χ1n) is 7.00. The molecule has 6 nitrogen and oxygen atoms in total. The van der Waals surface area contributed by atoms with Gasteiger partial charge in [-0.2, -0.15) is 0 Å². The van der Waals surface area contributed by atoms with Crippen molar-refractivity contribution in [1.29, 1.82) is 0 Å². The van der Waals surface area contributed by atoms with Crippen molar-refractivity contribution < 1.29 is 9.53 Å². The van der Waals surface area contributed by atoms with E-state index in [1.54, 1.807) is 30.0 Å². The summed E-state index contributed by atoms with van der Waals surface area (Å²) < 4.78 is 6.93. The van der Waals surface area contributed by atoms with E-state index in [-0.39, 0.29) is 5.91 Å². The number of hydrogen-bond donors (Lipinski definition) is 1. The molecule has 1 N–H and O–H groups in total. The van der Waals surface area contributed by atoms with Crippen LogP contribution >= 0.6 is 0 Å². The van der Waals surface area contributed by atoms with Crippen LogP contribution in [-0.2, 0) is 6.54 Å². The number of carbonyl (C=O) groups excluding carboxylic acids is 1. The minimum absolute atomic E-state index is 0.193. The van der Waals surface area contributed by atoms with Crippen LogP contribution in [0, 0.1) is 0 Å². The van der Waals surface area contributed by atoms with Crippen molar-refractivity contribution in [3.8, 4) is 5.75 Å². The van der Waals surface area contributed by atoms with Gasteiger partial charge >= 0.3 is 0 Å². The Hall–Kier alpha value is -2.89. The van der Waals surface area contributed by atoms with Gasteiger partial charge in [-0.25, -0.2) is 4.68 Å². The van der Waals surface area contributed by atoms with Crippen LogP contribution in [0.4, 0.5) is 5.69 Å². The maximum absolute atomic E-state index is 12.3. The minimum Gasteiger partial charge on any atom is -0.497 e. The van der Waals surface area contributed by atoms with Crippen molar-refractivity contribution in [2.75, 3.05) is 12.4 Å². The molecule has 0 aliphatic heterocycles. The number of amides is 1. The van der Waals surface area contributed by atoms with Crippen molar-refractivity contribution in [3.05, 3.63) is 48.0 Å². The highest BCUT2D eigenvalue weighted by Gasteiger charge is 2.10. The van der Waals surface area contributed by atoms with Crippen LogP contribution in [0.1, 0.15) is 17.3 Å². The van der Waals surface area contributed by atoms with E-state index in [0.717, 1.165) is 12.1 Å². The summed E-state index contributed by atoms with van der Waals surface area (Å²) in [4.78, 5) is 12.3. The largest absolute Gasteiger partial charge is 0.497 e. The van der Waals surface area contributed by atoms with Crippen molar-refractivity contribution in [3.63, 3.8) is 0 Å². The highest BCUT2D eigenvalue weighted by atomic mass is 16.5.